The number of aromatic amines is 1. The molecule has 0 spiro atoms. The topological polar surface area (TPSA) is 63.9 Å². The lowest BCUT2D eigenvalue weighted by Gasteiger charge is -2.09. The molecule has 0 aliphatic heterocycles. The van der Waals surface area contributed by atoms with Crippen molar-refractivity contribution in [1.82, 2.24) is 9.97 Å². The van der Waals surface area contributed by atoms with Gasteiger partial charge >= 0.3 is 0 Å². The van der Waals surface area contributed by atoms with Crippen molar-refractivity contribution in [2.45, 2.75) is 32.8 Å². The van der Waals surface area contributed by atoms with Gasteiger partial charge in [-0.05, 0) is 56.6 Å². The third-order valence-corrected chi connectivity index (χ3v) is 2.78. The van der Waals surface area contributed by atoms with Crippen molar-refractivity contribution in [1.29, 1.82) is 0 Å². The summed E-state index contributed by atoms with van der Waals surface area (Å²) in [5.41, 5.74) is 7.64. The summed E-state index contributed by atoms with van der Waals surface area (Å²) < 4.78 is 5.62. The Hall–Kier alpha value is -1.81. The van der Waals surface area contributed by atoms with E-state index >= 15 is 0 Å². The van der Waals surface area contributed by atoms with E-state index in [2.05, 4.69) is 9.97 Å². The lowest BCUT2D eigenvalue weighted by atomic mass is 10.1. The Morgan fingerprint density at radius 3 is 2.63 bits per heavy atom. The minimum Gasteiger partial charge on any atom is -0.491 e. The van der Waals surface area contributed by atoms with Crippen molar-refractivity contribution in [3.8, 4) is 17.0 Å². The van der Waals surface area contributed by atoms with Crippen molar-refractivity contribution in [2.24, 2.45) is 5.73 Å². The molecule has 0 fully saturated rings. The van der Waals surface area contributed by atoms with E-state index in [0.29, 0.717) is 6.54 Å². The maximum Gasteiger partial charge on any atom is 0.119 e. The Labute approximate surface area is 114 Å². The standard InChI is InChI=1S/C15H21N3O/c1-11(2)19-13-7-5-12(6-8-13)14-10-17-15(18-14)4-3-9-16/h5-8,10-11H,3-4,9,16H2,1-2H3,(H,17,18). The van der Waals surface area contributed by atoms with Gasteiger partial charge in [-0.3, -0.25) is 0 Å². The Kier molecular flexibility index (Phi) is 4.58. The van der Waals surface area contributed by atoms with Gasteiger partial charge < -0.3 is 15.5 Å². The van der Waals surface area contributed by atoms with Gasteiger partial charge in [0, 0.05) is 6.42 Å². The first-order chi connectivity index (χ1) is 9.19. The molecule has 0 unspecified atom stereocenters. The van der Waals surface area contributed by atoms with Gasteiger partial charge in [0.15, 0.2) is 0 Å². The van der Waals surface area contributed by atoms with Crippen LogP contribution in [0.5, 0.6) is 5.75 Å². The van der Waals surface area contributed by atoms with Gasteiger partial charge in [0.25, 0.3) is 0 Å². The van der Waals surface area contributed by atoms with Gasteiger partial charge in [-0.25, -0.2) is 4.98 Å². The molecular formula is C15H21N3O. The first-order valence-corrected chi connectivity index (χ1v) is 6.70. The largest absolute Gasteiger partial charge is 0.491 e. The van der Waals surface area contributed by atoms with Crippen LogP contribution in [0.3, 0.4) is 0 Å². The average Bonchev–Trinajstić information content (AvgIpc) is 2.85. The molecule has 3 N–H and O–H groups in total. The molecular weight excluding hydrogens is 238 g/mol. The number of aryl methyl sites for hydroxylation is 1. The number of ether oxygens (including phenoxy) is 1. The number of nitrogens with two attached hydrogens (primary N) is 1. The van der Waals surface area contributed by atoms with Crippen LogP contribution in [0, 0.1) is 0 Å². The summed E-state index contributed by atoms with van der Waals surface area (Å²) in [6.45, 7) is 4.73. The van der Waals surface area contributed by atoms with Crippen molar-refractivity contribution < 1.29 is 4.74 Å². The first-order valence-electron chi connectivity index (χ1n) is 6.70. The number of aromatic nitrogens is 2. The second-order valence-corrected chi connectivity index (χ2v) is 4.83. The molecule has 4 heteroatoms. The summed E-state index contributed by atoms with van der Waals surface area (Å²) >= 11 is 0. The zero-order chi connectivity index (χ0) is 13.7. The average molecular weight is 259 g/mol. The number of H-pyrrole nitrogens is 1. The summed E-state index contributed by atoms with van der Waals surface area (Å²) in [5.74, 6) is 1.88. The summed E-state index contributed by atoms with van der Waals surface area (Å²) in [7, 11) is 0. The maximum atomic E-state index is 5.62. The van der Waals surface area contributed by atoms with E-state index in [9.17, 15) is 0 Å². The molecule has 0 amide bonds. The zero-order valence-electron chi connectivity index (χ0n) is 11.5. The number of nitrogens with one attached hydrogen (secondary N) is 1. The van der Waals surface area contributed by atoms with Gasteiger partial charge in [-0.1, -0.05) is 0 Å². The molecule has 1 heterocycles. The highest BCUT2D eigenvalue weighted by atomic mass is 16.5. The van der Waals surface area contributed by atoms with E-state index in [1.165, 1.54) is 0 Å². The quantitative estimate of drug-likeness (QED) is 0.838. The van der Waals surface area contributed by atoms with Crippen molar-refractivity contribution in [3.63, 3.8) is 0 Å². The highest BCUT2D eigenvalue weighted by molar-refractivity contribution is 5.59. The summed E-state index contributed by atoms with van der Waals surface area (Å²) in [6, 6.07) is 8.04. The van der Waals surface area contributed by atoms with E-state index in [-0.39, 0.29) is 6.10 Å². The van der Waals surface area contributed by atoms with Crippen molar-refractivity contribution in [2.75, 3.05) is 6.54 Å². The fourth-order valence-corrected chi connectivity index (χ4v) is 1.89. The third-order valence-electron chi connectivity index (χ3n) is 2.78. The zero-order valence-corrected chi connectivity index (χ0v) is 11.5. The van der Waals surface area contributed by atoms with Crippen LogP contribution in [-0.4, -0.2) is 22.6 Å². The number of nitrogens with zero attached hydrogens (tertiary/aromatic N) is 1. The van der Waals surface area contributed by atoms with E-state index < -0.39 is 0 Å². The number of imidazole rings is 1. The highest BCUT2D eigenvalue weighted by Crippen LogP contribution is 2.21. The van der Waals surface area contributed by atoms with Crippen molar-refractivity contribution >= 4 is 0 Å². The second-order valence-electron chi connectivity index (χ2n) is 4.83. The Morgan fingerprint density at radius 1 is 1.26 bits per heavy atom. The van der Waals surface area contributed by atoms with E-state index in [0.717, 1.165) is 35.7 Å². The van der Waals surface area contributed by atoms with Crippen LogP contribution in [0.25, 0.3) is 11.3 Å². The van der Waals surface area contributed by atoms with Crippen molar-refractivity contribution in [3.05, 3.63) is 36.3 Å². The molecule has 0 atom stereocenters. The minimum absolute atomic E-state index is 0.195. The molecule has 2 rings (SSSR count). The number of hydrogen-bond donors (Lipinski definition) is 2. The Morgan fingerprint density at radius 2 is 2.00 bits per heavy atom. The molecule has 1 aromatic heterocycles. The van der Waals surface area contributed by atoms with E-state index in [1.54, 1.807) is 0 Å². The second kappa shape index (κ2) is 6.38. The van der Waals surface area contributed by atoms with Crippen LogP contribution in [0.2, 0.25) is 0 Å². The Bertz CT molecular complexity index is 502. The third kappa shape index (κ3) is 3.83. The van der Waals surface area contributed by atoms with Gasteiger partial charge in [0.2, 0.25) is 0 Å². The van der Waals surface area contributed by atoms with Crippen LogP contribution in [-0.2, 0) is 6.42 Å². The van der Waals surface area contributed by atoms with Gasteiger partial charge in [0.05, 0.1) is 18.0 Å². The first kappa shape index (κ1) is 13.6. The van der Waals surface area contributed by atoms with Crippen LogP contribution in [0.1, 0.15) is 26.1 Å². The van der Waals surface area contributed by atoms with Crippen LogP contribution in [0.15, 0.2) is 30.5 Å². The molecule has 0 saturated carbocycles. The summed E-state index contributed by atoms with van der Waals surface area (Å²) in [6.07, 6.45) is 3.91. The number of hydrogen-bond acceptors (Lipinski definition) is 3. The summed E-state index contributed by atoms with van der Waals surface area (Å²) in [4.78, 5) is 7.68. The monoisotopic (exact) mass is 259 g/mol. The molecule has 19 heavy (non-hydrogen) atoms. The molecule has 1 aromatic carbocycles. The molecule has 0 bridgehead atoms. The fourth-order valence-electron chi connectivity index (χ4n) is 1.89. The predicted octanol–water partition coefficient (Wildman–Crippen LogP) is 2.76. The van der Waals surface area contributed by atoms with Crippen LogP contribution >= 0.6 is 0 Å². The molecule has 0 radical (unpaired) electrons. The molecule has 0 aliphatic carbocycles. The molecule has 0 aliphatic rings. The molecule has 2 aromatic rings. The molecule has 0 saturated heterocycles. The van der Waals surface area contributed by atoms with Crippen LogP contribution in [0.4, 0.5) is 0 Å². The highest BCUT2D eigenvalue weighted by Gasteiger charge is 2.04. The van der Waals surface area contributed by atoms with Gasteiger partial charge in [0.1, 0.15) is 11.6 Å². The van der Waals surface area contributed by atoms with Gasteiger partial charge in [-0.2, -0.15) is 0 Å². The molecule has 102 valence electrons. The number of rotatable bonds is 6. The van der Waals surface area contributed by atoms with E-state index in [1.807, 2.05) is 44.3 Å². The smallest absolute Gasteiger partial charge is 0.119 e. The van der Waals surface area contributed by atoms with E-state index in [4.69, 9.17) is 10.5 Å². The SMILES string of the molecule is CC(C)Oc1ccc(-c2cnc(CCCN)[nH]2)cc1. The minimum atomic E-state index is 0.195. The summed E-state index contributed by atoms with van der Waals surface area (Å²) in [5, 5.41) is 0. The van der Waals surface area contributed by atoms with Crippen LogP contribution < -0.4 is 10.5 Å². The normalized spacial score (nSPS) is 10.9. The lowest BCUT2D eigenvalue weighted by molar-refractivity contribution is 0.242. The fraction of sp³-hybridized carbons (Fsp3) is 0.400. The van der Waals surface area contributed by atoms with Gasteiger partial charge in [-0.15, -0.1) is 0 Å². The lowest BCUT2D eigenvalue weighted by Crippen LogP contribution is -2.05. The maximum absolute atomic E-state index is 5.62. The molecule has 4 nitrogen and oxygen atoms in total. The Balaban J connectivity index is 2.07. The number of benzene rings is 1. The predicted molar refractivity (Wildman–Crippen MR) is 77.2 cm³/mol.